The van der Waals surface area contributed by atoms with Crippen LogP contribution < -0.4 is 5.43 Å². The third-order valence-corrected chi connectivity index (χ3v) is 3.61. The highest BCUT2D eigenvalue weighted by Gasteiger charge is 2.04. The van der Waals surface area contributed by atoms with Crippen LogP contribution in [0.1, 0.15) is 30.2 Å². The molecule has 0 bridgehead atoms. The summed E-state index contributed by atoms with van der Waals surface area (Å²) in [7, 11) is 0. The molecule has 0 atom stereocenters. The molecule has 0 unspecified atom stereocenters. The van der Waals surface area contributed by atoms with Crippen LogP contribution in [0.3, 0.4) is 0 Å². The minimum atomic E-state index is 0.150. The lowest BCUT2D eigenvalue weighted by molar-refractivity contribution is 0.867. The van der Waals surface area contributed by atoms with Crippen molar-refractivity contribution in [2.75, 3.05) is 0 Å². The minimum Gasteiger partial charge on any atom is -0.288 e. The summed E-state index contributed by atoms with van der Waals surface area (Å²) in [4.78, 5) is 13.1. The molecule has 1 aromatic carbocycles. The molecule has 2 heteroatoms. The topological polar surface area (TPSA) is 17.1 Å². The van der Waals surface area contributed by atoms with Gasteiger partial charge in [-0.05, 0) is 35.9 Å². The van der Waals surface area contributed by atoms with E-state index < -0.39 is 0 Å². The molecule has 1 nitrogen and oxygen atoms in total. The zero-order valence-corrected chi connectivity index (χ0v) is 10.0. The van der Waals surface area contributed by atoms with Crippen LogP contribution in [0.4, 0.5) is 0 Å². The van der Waals surface area contributed by atoms with Crippen molar-refractivity contribution < 1.29 is 0 Å². The average molecular weight is 218 g/mol. The normalized spacial score (nSPS) is 11.2. The Morgan fingerprint density at radius 1 is 1.20 bits per heavy atom. The molecular formula is C13H14OS. The van der Waals surface area contributed by atoms with Crippen LogP contribution in [0.15, 0.2) is 29.1 Å². The van der Waals surface area contributed by atoms with Gasteiger partial charge >= 0.3 is 0 Å². The summed E-state index contributed by atoms with van der Waals surface area (Å²) in [6.45, 7) is 6.25. The lowest BCUT2D eigenvalue weighted by Gasteiger charge is -1.99. The number of hydrogen-bond acceptors (Lipinski definition) is 2. The van der Waals surface area contributed by atoms with Crippen molar-refractivity contribution >= 4 is 21.4 Å². The highest BCUT2D eigenvalue weighted by Crippen LogP contribution is 2.22. The summed E-state index contributed by atoms with van der Waals surface area (Å²) in [5.41, 5.74) is 1.26. The summed E-state index contributed by atoms with van der Waals surface area (Å²) < 4.78 is 0.874. The highest BCUT2D eigenvalue weighted by molar-refractivity contribution is 7.18. The second kappa shape index (κ2) is 3.78. The van der Waals surface area contributed by atoms with E-state index in [-0.39, 0.29) is 5.43 Å². The van der Waals surface area contributed by atoms with Crippen LogP contribution in [0.25, 0.3) is 10.1 Å². The van der Waals surface area contributed by atoms with Gasteiger partial charge in [0.15, 0.2) is 5.43 Å². The largest absolute Gasteiger partial charge is 0.288 e. The van der Waals surface area contributed by atoms with Crippen LogP contribution in [-0.4, -0.2) is 0 Å². The fraction of sp³-hybridized carbons (Fsp3) is 0.308. The molecule has 0 spiro atoms. The molecule has 0 amide bonds. The second-order valence-electron chi connectivity index (χ2n) is 4.14. The van der Waals surface area contributed by atoms with Gasteiger partial charge in [0, 0.05) is 4.88 Å². The van der Waals surface area contributed by atoms with Gasteiger partial charge in [-0.1, -0.05) is 26.0 Å². The molecule has 0 aliphatic carbocycles. The minimum absolute atomic E-state index is 0.150. The predicted octanol–water partition coefficient (Wildman–Crippen LogP) is 3.69. The molecule has 1 heterocycles. The molecule has 0 saturated heterocycles. The van der Waals surface area contributed by atoms with Gasteiger partial charge in [0.1, 0.15) is 0 Å². The van der Waals surface area contributed by atoms with E-state index in [1.165, 1.54) is 4.88 Å². The maximum absolute atomic E-state index is 11.9. The summed E-state index contributed by atoms with van der Waals surface area (Å²) >= 11 is 1.58. The van der Waals surface area contributed by atoms with Crippen LogP contribution in [0, 0.1) is 6.92 Å². The predicted molar refractivity (Wildman–Crippen MR) is 66.9 cm³/mol. The highest BCUT2D eigenvalue weighted by atomic mass is 32.1. The van der Waals surface area contributed by atoms with Gasteiger partial charge in [0.05, 0.1) is 4.70 Å². The van der Waals surface area contributed by atoms with Crippen molar-refractivity contribution in [2.45, 2.75) is 26.7 Å². The number of fused-ring (bicyclic) bond motifs is 1. The van der Waals surface area contributed by atoms with Crippen LogP contribution in [0.5, 0.6) is 0 Å². The Balaban J connectivity index is 2.80. The van der Waals surface area contributed by atoms with Gasteiger partial charge in [-0.2, -0.15) is 0 Å². The molecule has 78 valence electrons. The fourth-order valence-corrected chi connectivity index (χ4v) is 2.57. The monoisotopic (exact) mass is 218 g/mol. The molecular weight excluding hydrogens is 204 g/mol. The van der Waals surface area contributed by atoms with E-state index in [4.69, 9.17) is 0 Å². The standard InChI is InChI=1S/C13H14OS/c1-8(2)10-4-5-11-6-9(3)15-13(11)12(14)7-10/h4-8H,1-3H3. The molecule has 2 rings (SSSR count). The van der Waals surface area contributed by atoms with Gasteiger partial charge in [-0.25, -0.2) is 0 Å². The van der Waals surface area contributed by atoms with E-state index in [0.29, 0.717) is 5.92 Å². The molecule has 0 saturated carbocycles. The van der Waals surface area contributed by atoms with E-state index in [1.807, 2.05) is 6.92 Å². The van der Waals surface area contributed by atoms with E-state index >= 15 is 0 Å². The molecule has 15 heavy (non-hydrogen) atoms. The van der Waals surface area contributed by atoms with Crippen molar-refractivity contribution in [3.8, 4) is 0 Å². The van der Waals surface area contributed by atoms with Gasteiger partial charge in [0.25, 0.3) is 0 Å². The first kappa shape index (κ1) is 10.4. The Morgan fingerprint density at radius 2 is 1.93 bits per heavy atom. The Kier molecular flexibility index (Phi) is 2.61. The molecule has 0 aliphatic heterocycles. The van der Waals surface area contributed by atoms with Gasteiger partial charge in [0.2, 0.25) is 0 Å². The zero-order chi connectivity index (χ0) is 11.0. The number of thiophene rings is 1. The van der Waals surface area contributed by atoms with E-state index in [1.54, 1.807) is 17.4 Å². The maximum Gasteiger partial charge on any atom is 0.196 e. The smallest absolute Gasteiger partial charge is 0.196 e. The average Bonchev–Trinajstić information content (AvgIpc) is 2.46. The summed E-state index contributed by atoms with van der Waals surface area (Å²) in [6.07, 6.45) is 0. The van der Waals surface area contributed by atoms with Crippen LogP contribution in [0.2, 0.25) is 0 Å². The van der Waals surface area contributed by atoms with Gasteiger partial charge in [-0.15, -0.1) is 11.3 Å². The number of aryl methyl sites for hydroxylation is 1. The summed E-state index contributed by atoms with van der Waals surface area (Å²) in [5.74, 6) is 0.403. The lowest BCUT2D eigenvalue weighted by Crippen LogP contribution is -1.95. The Morgan fingerprint density at radius 3 is 2.60 bits per heavy atom. The first-order chi connectivity index (χ1) is 7.08. The molecule has 0 aliphatic rings. The summed E-state index contributed by atoms with van der Waals surface area (Å²) in [5, 5.41) is 1.06. The molecule has 0 N–H and O–H groups in total. The first-order valence-electron chi connectivity index (χ1n) is 5.12. The van der Waals surface area contributed by atoms with Crippen molar-refractivity contribution in [2.24, 2.45) is 0 Å². The van der Waals surface area contributed by atoms with Crippen molar-refractivity contribution in [3.63, 3.8) is 0 Å². The zero-order valence-electron chi connectivity index (χ0n) is 9.20. The van der Waals surface area contributed by atoms with E-state index in [0.717, 1.165) is 15.6 Å². The van der Waals surface area contributed by atoms with Crippen LogP contribution in [-0.2, 0) is 0 Å². The van der Waals surface area contributed by atoms with E-state index in [2.05, 4.69) is 32.0 Å². The Bertz CT molecular complexity index is 552. The molecule has 2 aromatic rings. The molecule has 0 radical (unpaired) electrons. The summed E-state index contributed by atoms with van der Waals surface area (Å²) in [6, 6.07) is 7.95. The van der Waals surface area contributed by atoms with Gasteiger partial charge < -0.3 is 0 Å². The SMILES string of the molecule is Cc1cc2ccc(C(C)C)cc(=O)c2s1. The maximum atomic E-state index is 11.9. The lowest BCUT2D eigenvalue weighted by atomic mass is 10.1. The quantitative estimate of drug-likeness (QED) is 0.713. The number of rotatable bonds is 1. The van der Waals surface area contributed by atoms with Crippen molar-refractivity contribution in [1.29, 1.82) is 0 Å². The van der Waals surface area contributed by atoms with Crippen molar-refractivity contribution in [3.05, 3.63) is 44.9 Å². The second-order valence-corrected chi connectivity index (χ2v) is 5.39. The molecule has 1 aromatic heterocycles. The Hall–Kier alpha value is -1.15. The van der Waals surface area contributed by atoms with Crippen LogP contribution >= 0.6 is 11.3 Å². The Labute approximate surface area is 93.4 Å². The fourth-order valence-electron chi connectivity index (χ4n) is 1.66. The first-order valence-corrected chi connectivity index (χ1v) is 5.94. The van der Waals surface area contributed by atoms with Crippen molar-refractivity contribution in [1.82, 2.24) is 0 Å². The van der Waals surface area contributed by atoms with E-state index in [9.17, 15) is 4.79 Å². The third-order valence-electron chi connectivity index (χ3n) is 2.53. The molecule has 0 fully saturated rings. The number of hydrogen-bond donors (Lipinski definition) is 0. The van der Waals surface area contributed by atoms with Gasteiger partial charge in [-0.3, -0.25) is 4.79 Å². The third kappa shape index (κ3) is 1.95.